The number of esters is 1. The van der Waals surface area contributed by atoms with Gasteiger partial charge in [0.25, 0.3) is 0 Å². The zero-order valence-corrected chi connectivity index (χ0v) is 19.9. The lowest BCUT2D eigenvalue weighted by molar-refractivity contribution is 0.0512. The van der Waals surface area contributed by atoms with E-state index in [1.54, 1.807) is 11.3 Å². The van der Waals surface area contributed by atoms with Gasteiger partial charge < -0.3 is 14.5 Å². The van der Waals surface area contributed by atoms with Crippen LogP contribution in [0.2, 0.25) is 0 Å². The second-order valence-electron chi connectivity index (χ2n) is 8.81. The van der Waals surface area contributed by atoms with E-state index in [9.17, 15) is 4.79 Å². The number of carbonyl (C=O) groups excluding carboxylic acids is 1. The van der Waals surface area contributed by atoms with Crippen LogP contribution >= 0.6 is 11.3 Å². The molecule has 0 saturated carbocycles. The number of hydrogen-bond acceptors (Lipinski definition) is 7. The van der Waals surface area contributed by atoms with Gasteiger partial charge in [-0.05, 0) is 64.2 Å². The minimum atomic E-state index is -0.437. The molecule has 6 nitrogen and oxygen atoms in total. The second kappa shape index (κ2) is 8.70. The lowest BCUT2D eigenvalue weighted by atomic mass is 9.96. The number of aryl methyl sites for hydroxylation is 3. The third-order valence-electron chi connectivity index (χ3n) is 6.55. The molecule has 0 amide bonds. The first-order chi connectivity index (χ1) is 15.5. The normalized spacial score (nSPS) is 18.7. The molecule has 5 rings (SSSR count). The summed E-state index contributed by atoms with van der Waals surface area (Å²) in [5.74, 6) is 0.655. The molecule has 3 aromatic rings. The monoisotopic (exact) mass is 450 g/mol. The fraction of sp³-hybridized carbons (Fsp3) is 0.480. The van der Waals surface area contributed by atoms with E-state index in [1.807, 2.05) is 6.92 Å². The van der Waals surface area contributed by atoms with E-state index in [0.717, 1.165) is 48.5 Å². The number of rotatable bonds is 4. The Balaban J connectivity index is 1.52. The summed E-state index contributed by atoms with van der Waals surface area (Å²) in [6.07, 6.45) is 4.60. The first-order valence-electron chi connectivity index (χ1n) is 11.6. The molecule has 1 aliphatic heterocycles. The maximum atomic E-state index is 12.5. The molecule has 1 aliphatic carbocycles. The number of fused-ring (bicyclic) bond motifs is 3. The van der Waals surface area contributed by atoms with Crippen molar-refractivity contribution in [2.45, 2.75) is 52.5 Å². The molecule has 0 bridgehead atoms. The molecule has 1 saturated heterocycles. The van der Waals surface area contributed by atoms with Gasteiger partial charge in [0.2, 0.25) is 5.82 Å². The molecule has 1 atom stereocenters. The number of nitrogens with zero attached hydrogens (tertiary/aromatic N) is 4. The van der Waals surface area contributed by atoms with Gasteiger partial charge in [0, 0.05) is 36.2 Å². The standard InChI is InChI=1S/C25H30N4O2S/c1-4-31-25(30)22-26-23(21-19-7-5-6-8-20(19)32-24(21)27-22)28-13-14-29(17(3)15-28)18-11-9-16(2)10-12-18/h9-12,17H,4-8,13-15H2,1-3H3/t17-/m0/s1. The molecule has 0 radical (unpaired) electrons. The highest BCUT2D eigenvalue weighted by Gasteiger charge is 2.30. The molecule has 0 unspecified atom stereocenters. The van der Waals surface area contributed by atoms with Crippen LogP contribution in [0.25, 0.3) is 10.2 Å². The average Bonchev–Trinajstić information content (AvgIpc) is 3.18. The molecule has 2 aliphatic rings. The van der Waals surface area contributed by atoms with E-state index in [0.29, 0.717) is 12.6 Å². The number of aromatic nitrogens is 2. The average molecular weight is 451 g/mol. The first kappa shape index (κ1) is 21.2. The molecule has 1 aromatic carbocycles. The molecule has 0 N–H and O–H groups in total. The summed E-state index contributed by atoms with van der Waals surface area (Å²) < 4.78 is 5.24. The van der Waals surface area contributed by atoms with Gasteiger partial charge in [0.05, 0.1) is 12.0 Å². The maximum Gasteiger partial charge on any atom is 0.376 e. The summed E-state index contributed by atoms with van der Waals surface area (Å²) >= 11 is 1.73. The molecular weight excluding hydrogens is 420 g/mol. The quantitative estimate of drug-likeness (QED) is 0.534. The van der Waals surface area contributed by atoms with Gasteiger partial charge >= 0.3 is 5.97 Å². The largest absolute Gasteiger partial charge is 0.460 e. The molecule has 7 heteroatoms. The van der Waals surface area contributed by atoms with Gasteiger partial charge in [-0.1, -0.05) is 17.7 Å². The maximum absolute atomic E-state index is 12.5. The predicted molar refractivity (Wildman–Crippen MR) is 130 cm³/mol. The van der Waals surface area contributed by atoms with E-state index < -0.39 is 5.97 Å². The van der Waals surface area contributed by atoms with Gasteiger partial charge in [-0.15, -0.1) is 11.3 Å². The molecule has 1 fully saturated rings. The smallest absolute Gasteiger partial charge is 0.376 e. The van der Waals surface area contributed by atoms with Crippen molar-refractivity contribution in [3.8, 4) is 0 Å². The van der Waals surface area contributed by atoms with E-state index in [4.69, 9.17) is 9.72 Å². The SMILES string of the molecule is CCOC(=O)c1nc(N2CCN(c3ccc(C)cc3)[C@@H](C)C2)c2c3c(sc2n1)CCCC3. The van der Waals surface area contributed by atoms with E-state index >= 15 is 0 Å². The van der Waals surface area contributed by atoms with Gasteiger partial charge in [-0.3, -0.25) is 0 Å². The minimum absolute atomic E-state index is 0.182. The Bertz CT molecular complexity index is 1140. The van der Waals surface area contributed by atoms with Gasteiger partial charge in [-0.25, -0.2) is 14.8 Å². The van der Waals surface area contributed by atoms with Crippen LogP contribution in [-0.4, -0.2) is 48.2 Å². The van der Waals surface area contributed by atoms with Crippen molar-refractivity contribution in [1.82, 2.24) is 9.97 Å². The third kappa shape index (κ3) is 3.83. The van der Waals surface area contributed by atoms with Gasteiger partial charge in [0.15, 0.2) is 0 Å². The summed E-state index contributed by atoms with van der Waals surface area (Å²) in [6.45, 7) is 9.14. The fourth-order valence-corrected chi connectivity index (χ4v) is 6.18. The highest BCUT2D eigenvalue weighted by Crippen LogP contribution is 2.40. The highest BCUT2D eigenvalue weighted by molar-refractivity contribution is 7.19. The Kier molecular flexibility index (Phi) is 5.76. The van der Waals surface area contributed by atoms with Crippen molar-refractivity contribution in [3.63, 3.8) is 0 Å². The summed E-state index contributed by atoms with van der Waals surface area (Å²) in [5, 5.41) is 1.16. The summed E-state index contributed by atoms with van der Waals surface area (Å²) in [4.78, 5) is 29.1. The van der Waals surface area contributed by atoms with Crippen LogP contribution in [0.15, 0.2) is 24.3 Å². The third-order valence-corrected chi connectivity index (χ3v) is 7.73. The molecular formula is C25H30N4O2S. The summed E-state index contributed by atoms with van der Waals surface area (Å²) in [5.41, 5.74) is 3.93. The number of piperazine rings is 1. The molecule has 0 spiro atoms. The van der Waals surface area contributed by atoms with E-state index in [-0.39, 0.29) is 5.82 Å². The number of carbonyl (C=O) groups is 1. The lowest BCUT2D eigenvalue weighted by Gasteiger charge is -2.42. The Morgan fingerprint density at radius 1 is 1.16 bits per heavy atom. The molecule has 168 valence electrons. The minimum Gasteiger partial charge on any atom is -0.460 e. The summed E-state index contributed by atoms with van der Waals surface area (Å²) in [7, 11) is 0. The number of benzene rings is 1. The fourth-order valence-electron chi connectivity index (χ4n) is 4.92. The summed E-state index contributed by atoms with van der Waals surface area (Å²) in [6, 6.07) is 9.09. The van der Waals surface area contributed by atoms with Crippen LogP contribution in [0.4, 0.5) is 11.5 Å². The van der Waals surface area contributed by atoms with Gasteiger partial charge in [0.1, 0.15) is 10.6 Å². The first-order valence-corrected chi connectivity index (χ1v) is 12.4. The van der Waals surface area contributed by atoms with Crippen LogP contribution in [0.5, 0.6) is 0 Å². The van der Waals surface area contributed by atoms with Crippen LogP contribution in [0.1, 0.15) is 53.3 Å². The van der Waals surface area contributed by atoms with Crippen molar-refractivity contribution in [3.05, 3.63) is 46.1 Å². The Morgan fingerprint density at radius 3 is 2.69 bits per heavy atom. The molecule has 2 aromatic heterocycles. The highest BCUT2D eigenvalue weighted by atomic mass is 32.1. The van der Waals surface area contributed by atoms with Crippen LogP contribution in [0.3, 0.4) is 0 Å². The Labute approximate surface area is 193 Å². The van der Waals surface area contributed by atoms with Crippen LogP contribution in [0, 0.1) is 6.92 Å². The Hall–Kier alpha value is -2.67. The topological polar surface area (TPSA) is 58.6 Å². The van der Waals surface area contributed by atoms with Crippen molar-refractivity contribution >= 4 is 39.0 Å². The number of ether oxygens (including phenoxy) is 1. The Morgan fingerprint density at radius 2 is 1.94 bits per heavy atom. The number of thiophene rings is 1. The molecule has 32 heavy (non-hydrogen) atoms. The zero-order chi connectivity index (χ0) is 22.2. The predicted octanol–water partition coefficient (Wildman–Crippen LogP) is 4.77. The second-order valence-corrected chi connectivity index (χ2v) is 9.89. The zero-order valence-electron chi connectivity index (χ0n) is 19.1. The van der Waals surface area contributed by atoms with Crippen molar-refractivity contribution in [1.29, 1.82) is 0 Å². The number of hydrogen-bond donors (Lipinski definition) is 0. The van der Waals surface area contributed by atoms with Crippen molar-refractivity contribution in [2.75, 3.05) is 36.0 Å². The molecule has 3 heterocycles. The van der Waals surface area contributed by atoms with E-state index in [2.05, 4.69) is 52.9 Å². The van der Waals surface area contributed by atoms with Crippen LogP contribution < -0.4 is 9.80 Å². The van der Waals surface area contributed by atoms with Gasteiger partial charge in [-0.2, -0.15) is 0 Å². The van der Waals surface area contributed by atoms with Crippen molar-refractivity contribution in [2.24, 2.45) is 0 Å². The lowest BCUT2D eigenvalue weighted by Crippen LogP contribution is -2.52. The van der Waals surface area contributed by atoms with Crippen molar-refractivity contribution < 1.29 is 9.53 Å². The number of anilines is 2. The van der Waals surface area contributed by atoms with E-state index in [1.165, 1.54) is 34.5 Å². The van der Waals surface area contributed by atoms with Crippen LogP contribution in [-0.2, 0) is 17.6 Å².